The van der Waals surface area contributed by atoms with Crippen molar-refractivity contribution >= 4 is 34.1 Å². The van der Waals surface area contributed by atoms with E-state index >= 15 is 0 Å². The number of nitrogens with one attached hydrogen (secondary N) is 2. The van der Waals surface area contributed by atoms with Gasteiger partial charge in [-0.05, 0) is 12.5 Å². The SMILES string of the molecule is CC1(c2ccccc2)NC(=O)N(NC(=O)Cc2cn3ccsc3n2)C1=O. The quantitative estimate of drug-likeness (QED) is 0.680. The van der Waals surface area contributed by atoms with Crippen molar-refractivity contribution in [3.63, 3.8) is 0 Å². The lowest BCUT2D eigenvalue weighted by molar-refractivity contribution is -0.138. The van der Waals surface area contributed by atoms with Crippen LogP contribution in [0.4, 0.5) is 4.79 Å². The van der Waals surface area contributed by atoms with Gasteiger partial charge < -0.3 is 5.32 Å². The van der Waals surface area contributed by atoms with Gasteiger partial charge in [-0.25, -0.2) is 9.78 Å². The molecule has 4 rings (SSSR count). The fraction of sp³-hybridized carbons (Fsp3) is 0.176. The number of hydrazine groups is 1. The molecule has 1 atom stereocenters. The minimum absolute atomic E-state index is 0.0342. The molecule has 0 saturated carbocycles. The zero-order valence-electron chi connectivity index (χ0n) is 13.8. The highest BCUT2D eigenvalue weighted by Gasteiger charge is 2.49. The number of nitrogens with zero attached hydrogens (tertiary/aromatic N) is 3. The van der Waals surface area contributed by atoms with Gasteiger partial charge in [-0.1, -0.05) is 30.3 Å². The van der Waals surface area contributed by atoms with E-state index in [4.69, 9.17) is 0 Å². The summed E-state index contributed by atoms with van der Waals surface area (Å²) in [5.41, 5.74) is 2.36. The summed E-state index contributed by atoms with van der Waals surface area (Å²) in [6.07, 6.45) is 3.55. The van der Waals surface area contributed by atoms with Gasteiger partial charge in [-0.15, -0.1) is 11.3 Å². The Morgan fingerprint density at radius 2 is 2.08 bits per heavy atom. The van der Waals surface area contributed by atoms with E-state index in [0.717, 1.165) is 9.97 Å². The van der Waals surface area contributed by atoms with Crippen LogP contribution in [-0.2, 0) is 21.5 Å². The molecule has 1 unspecified atom stereocenters. The molecule has 4 amide bonds. The molecule has 8 nitrogen and oxygen atoms in total. The molecule has 132 valence electrons. The molecule has 1 fully saturated rings. The van der Waals surface area contributed by atoms with Crippen LogP contribution in [0.15, 0.2) is 48.1 Å². The van der Waals surface area contributed by atoms with E-state index in [-0.39, 0.29) is 6.42 Å². The number of carbonyl (C=O) groups excluding carboxylic acids is 3. The molecule has 9 heteroatoms. The molecule has 2 aromatic heterocycles. The van der Waals surface area contributed by atoms with E-state index in [2.05, 4.69) is 15.7 Å². The second-order valence-electron chi connectivity index (χ2n) is 6.10. The minimum Gasteiger partial charge on any atom is -0.318 e. The number of fused-ring (bicyclic) bond motifs is 1. The Labute approximate surface area is 152 Å². The van der Waals surface area contributed by atoms with E-state index < -0.39 is 23.4 Å². The predicted octanol–water partition coefficient (Wildman–Crippen LogP) is 1.44. The normalized spacial score (nSPS) is 19.8. The number of hydrogen-bond acceptors (Lipinski definition) is 5. The van der Waals surface area contributed by atoms with Crippen LogP contribution in [0.1, 0.15) is 18.2 Å². The molecule has 0 spiro atoms. The molecule has 1 aliphatic heterocycles. The van der Waals surface area contributed by atoms with Gasteiger partial charge >= 0.3 is 6.03 Å². The van der Waals surface area contributed by atoms with Gasteiger partial charge in [-0.3, -0.25) is 19.4 Å². The summed E-state index contributed by atoms with van der Waals surface area (Å²) < 4.78 is 1.81. The fourth-order valence-electron chi connectivity index (χ4n) is 2.90. The first-order valence-corrected chi connectivity index (χ1v) is 8.78. The highest BCUT2D eigenvalue weighted by molar-refractivity contribution is 7.15. The molecule has 1 saturated heterocycles. The van der Waals surface area contributed by atoms with Crippen LogP contribution < -0.4 is 10.7 Å². The summed E-state index contributed by atoms with van der Waals surface area (Å²) in [4.78, 5) is 42.3. The molecule has 1 aromatic carbocycles. The van der Waals surface area contributed by atoms with Crippen LogP contribution in [0.5, 0.6) is 0 Å². The Morgan fingerprint density at radius 3 is 2.81 bits per heavy atom. The van der Waals surface area contributed by atoms with Crippen molar-refractivity contribution in [3.8, 4) is 0 Å². The van der Waals surface area contributed by atoms with E-state index in [1.165, 1.54) is 11.3 Å². The maximum absolute atomic E-state index is 12.7. The van der Waals surface area contributed by atoms with E-state index in [1.807, 2.05) is 22.0 Å². The maximum Gasteiger partial charge on any atom is 0.344 e. The molecule has 0 aliphatic carbocycles. The van der Waals surface area contributed by atoms with Crippen LogP contribution in [0.2, 0.25) is 0 Å². The molecule has 26 heavy (non-hydrogen) atoms. The highest BCUT2D eigenvalue weighted by atomic mass is 32.1. The van der Waals surface area contributed by atoms with Gasteiger partial charge in [0.05, 0.1) is 12.1 Å². The number of aromatic nitrogens is 2. The maximum atomic E-state index is 12.7. The zero-order chi connectivity index (χ0) is 18.3. The first-order chi connectivity index (χ1) is 12.5. The van der Waals surface area contributed by atoms with Crippen LogP contribution >= 0.6 is 11.3 Å². The summed E-state index contributed by atoms with van der Waals surface area (Å²) in [7, 11) is 0. The monoisotopic (exact) mass is 369 g/mol. The molecule has 2 N–H and O–H groups in total. The van der Waals surface area contributed by atoms with Crippen molar-refractivity contribution in [1.82, 2.24) is 25.1 Å². The zero-order valence-corrected chi connectivity index (χ0v) is 14.6. The van der Waals surface area contributed by atoms with Crippen LogP contribution in [0.3, 0.4) is 0 Å². The van der Waals surface area contributed by atoms with Gasteiger partial charge in [0.1, 0.15) is 5.54 Å². The Balaban J connectivity index is 1.49. The smallest absolute Gasteiger partial charge is 0.318 e. The summed E-state index contributed by atoms with van der Waals surface area (Å²) in [6.45, 7) is 1.61. The number of thiazole rings is 1. The number of hydrogen-bond donors (Lipinski definition) is 2. The van der Waals surface area contributed by atoms with Crippen LogP contribution in [-0.4, -0.2) is 32.2 Å². The summed E-state index contributed by atoms with van der Waals surface area (Å²) in [5.74, 6) is -1.02. The summed E-state index contributed by atoms with van der Waals surface area (Å²) >= 11 is 1.46. The third-order valence-electron chi connectivity index (χ3n) is 4.26. The Morgan fingerprint density at radius 1 is 1.31 bits per heavy atom. The van der Waals surface area contributed by atoms with Crippen molar-refractivity contribution in [3.05, 3.63) is 59.4 Å². The topological polar surface area (TPSA) is 95.8 Å². The van der Waals surface area contributed by atoms with Gasteiger partial charge in [0.15, 0.2) is 4.96 Å². The second-order valence-corrected chi connectivity index (χ2v) is 6.97. The number of carbonyl (C=O) groups is 3. The predicted molar refractivity (Wildman–Crippen MR) is 94.1 cm³/mol. The number of urea groups is 1. The minimum atomic E-state index is -1.22. The Bertz CT molecular complexity index is 983. The second kappa shape index (κ2) is 5.95. The lowest BCUT2D eigenvalue weighted by atomic mass is 9.92. The number of amides is 4. The molecule has 3 aromatic rings. The first-order valence-electron chi connectivity index (χ1n) is 7.90. The molecule has 0 radical (unpaired) electrons. The van der Waals surface area contributed by atoms with E-state index in [1.54, 1.807) is 37.4 Å². The van der Waals surface area contributed by atoms with Crippen molar-refractivity contribution in [2.75, 3.05) is 0 Å². The third kappa shape index (κ3) is 2.62. The number of imidazole rings is 1. The number of rotatable bonds is 4. The van der Waals surface area contributed by atoms with Gasteiger partial charge in [0.25, 0.3) is 5.91 Å². The molecule has 3 heterocycles. The van der Waals surface area contributed by atoms with Crippen molar-refractivity contribution in [2.24, 2.45) is 0 Å². The van der Waals surface area contributed by atoms with E-state index in [0.29, 0.717) is 11.3 Å². The van der Waals surface area contributed by atoms with Crippen molar-refractivity contribution < 1.29 is 14.4 Å². The standard InChI is InChI=1S/C17H15N5O3S/c1-17(11-5-3-2-4-6-11)14(24)22(15(25)19-17)20-13(23)9-12-10-21-7-8-26-16(21)18-12/h2-8,10H,9H2,1H3,(H,19,25)(H,20,23). The Hall–Kier alpha value is -3.20. The van der Waals surface area contributed by atoms with Crippen LogP contribution in [0.25, 0.3) is 4.96 Å². The number of benzene rings is 1. The van der Waals surface area contributed by atoms with E-state index in [9.17, 15) is 14.4 Å². The van der Waals surface area contributed by atoms with Crippen molar-refractivity contribution in [1.29, 1.82) is 0 Å². The Kier molecular flexibility index (Phi) is 3.73. The van der Waals surface area contributed by atoms with Gasteiger partial charge in [0.2, 0.25) is 5.91 Å². The lowest BCUT2D eigenvalue weighted by Crippen LogP contribution is -2.48. The average Bonchev–Trinajstić information content (AvgIpc) is 3.26. The fourth-order valence-corrected chi connectivity index (χ4v) is 3.62. The number of imide groups is 1. The molecular weight excluding hydrogens is 354 g/mol. The van der Waals surface area contributed by atoms with Crippen molar-refractivity contribution in [2.45, 2.75) is 18.9 Å². The lowest BCUT2D eigenvalue weighted by Gasteiger charge is -2.22. The van der Waals surface area contributed by atoms with Gasteiger partial charge in [-0.2, -0.15) is 5.01 Å². The molecule has 0 bridgehead atoms. The van der Waals surface area contributed by atoms with Crippen LogP contribution in [0, 0.1) is 0 Å². The average molecular weight is 369 g/mol. The van der Waals surface area contributed by atoms with Gasteiger partial charge in [0, 0.05) is 17.8 Å². The largest absolute Gasteiger partial charge is 0.344 e. The molecular formula is C17H15N5O3S. The third-order valence-corrected chi connectivity index (χ3v) is 5.03. The first kappa shape index (κ1) is 16.3. The highest BCUT2D eigenvalue weighted by Crippen LogP contribution is 2.27. The molecule has 1 aliphatic rings. The summed E-state index contributed by atoms with van der Waals surface area (Å²) in [6, 6.07) is 8.23. The summed E-state index contributed by atoms with van der Waals surface area (Å²) in [5, 5.41) is 5.26.